The van der Waals surface area contributed by atoms with Gasteiger partial charge in [0.2, 0.25) is 0 Å². The third kappa shape index (κ3) is 6.76. The van der Waals surface area contributed by atoms with E-state index in [1.165, 1.54) is 69.2 Å². The number of rotatable bonds is 9. The van der Waals surface area contributed by atoms with Gasteiger partial charge in [0, 0.05) is 11.4 Å². The number of hydrogen-bond donors (Lipinski definition) is 0. The second kappa shape index (κ2) is 11.0. The first-order chi connectivity index (χ1) is 13.2. The van der Waals surface area contributed by atoms with E-state index in [0.29, 0.717) is 0 Å². The minimum absolute atomic E-state index is 0.745. The lowest BCUT2D eigenvalue weighted by molar-refractivity contribution is 0.262. The molecule has 146 valence electrons. The lowest BCUT2D eigenvalue weighted by atomic mass is 9.84. The molecule has 0 heterocycles. The van der Waals surface area contributed by atoms with Crippen LogP contribution < -0.4 is 0 Å². The topological polar surface area (TPSA) is 3.24 Å². The molecule has 0 N–H and O–H groups in total. The molecule has 0 aliphatic heterocycles. The molecule has 1 saturated carbocycles. The Bertz CT molecular complexity index is 644. The van der Waals surface area contributed by atoms with Crippen molar-refractivity contribution in [2.45, 2.75) is 69.2 Å². The number of hydrogen-bond acceptors (Lipinski definition) is 1. The average molecular weight is 428 g/mol. The van der Waals surface area contributed by atoms with Crippen LogP contribution in [0.1, 0.15) is 68.1 Å². The molecule has 1 aliphatic carbocycles. The van der Waals surface area contributed by atoms with Gasteiger partial charge in [-0.1, -0.05) is 77.5 Å². The van der Waals surface area contributed by atoms with Gasteiger partial charge in [-0.25, -0.2) is 0 Å². The van der Waals surface area contributed by atoms with Crippen LogP contribution in [0.4, 0.5) is 0 Å². The van der Waals surface area contributed by atoms with Crippen molar-refractivity contribution in [1.29, 1.82) is 0 Å². The summed E-state index contributed by atoms with van der Waals surface area (Å²) in [5.41, 5.74) is 4.47. The predicted octanol–water partition coefficient (Wildman–Crippen LogP) is 6.95. The maximum atomic E-state index is 3.77. The third-order valence-electron chi connectivity index (χ3n) is 5.84. The number of halogens is 1. The smallest absolute Gasteiger partial charge is 0.0233 e. The molecule has 0 bridgehead atoms. The molecule has 0 aromatic heterocycles. The lowest BCUT2D eigenvalue weighted by Gasteiger charge is -2.25. The molecule has 2 aromatic rings. The monoisotopic (exact) mass is 427 g/mol. The maximum absolute atomic E-state index is 3.77. The second-order valence-electron chi connectivity index (χ2n) is 8.06. The van der Waals surface area contributed by atoms with Crippen molar-refractivity contribution in [3.8, 4) is 0 Å². The van der Waals surface area contributed by atoms with Crippen LogP contribution in [0.3, 0.4) is 0 Å². The normalized spacial score (nSPS) is 20.1. The summed E-state index contributed by atoms with van der Waals surface area (Å²) >= 11 is 3.77. The van der Waals surface area contributed by atoms with Gasteiger partial charge in [-0.2, -0.15) is 0 Å². The van der Waals surface area contributed by atoms with E-state index in [1.54, 1.807) is 5.56 Å². The van der Waals surface area contributed by atoms with Crippen molar-refractivity contribution in [1.82, 2.24) is 4.90 Å². The minimum atomic E-state index is 0.745. The number of aryl methyl sites for hydroxylation is 1. The summed E-state index contributed by atoms with van der Waals surface area (Å²) in [5.74, 6) is 0.777. The van der Waals surface area contributed by atoms with Crippen LogP contribution >= 0.6 is 15.9 Å². The van der Waals surface area contributed by atoms with Gasteiger partial charge in [0.05, 0.1) is 0 Å². The standard InChI is InChI=1S/C25H34BrN/c1-2-18-27(20-22-7-4-3-5-8-22)19-6-9-21-10-12-23(13-11-21)24-14-16-25(26)17-15-24/h3-5,7-8,10-13,24-25H,2,6,9,14-20H2,1H3. The molecule has 1 nitrogen and oxygen atoms in total. The summed E-state index contributed by atoms with van der Waals surface area (Å²) in [7, 11) is 0. The van der Waals surface area contributed by atoms with Gasteiger partial charge < -0.3 is 0 Å². The first-order valence-corrected chi connectivity index (χ1v) is 11.7. The molecule has 27 heavy (non-hydrogen) atoms. The van der Waals surface area contributed by atoms with Crippen LogP contribution in [0.5, 0.6) is 0 Å². The highest BCUT2D eigenvalue weighted by molar-refractivity contribution is 9.09. The molecule has 0 unspecified atom stereocenters. The zero-order chi connectivity index (χ0) is 18.9. The fourth-order valence-electron chi connectivity index (χ4n) is 4.28. The van der Waals surface area contributed by atoms with Gasteiger partial charge in [0.25, 0.3) is 0 Å². The summed E-state index contributed by atoms with van der Waals surface area (Å²) in [6.45, 7) is 5.72. The van der Waals surface area contributed by atoms with Gasteiger partial charge in [-0.15, -0.1) is 0 Å². The Morgan fingerprint density at radius 2 is 1.56 bits per heavy atom. The molecule has 1 fully saturated rings. The van der Waals surface area contributed by atoms with Crippen molar-refractivity contribution in [2.75, 3.05) is 13.1 Å². The van der Waals surface area contributed by atoms with E-state index < -0.39 is 0 Å². The van der Waals surface area contributed by atoms with Crippen molar-refractivity contribution >= 4 is 15.9 Å². The quantitative estimate of drug-likeness (QED) is 0.391. The van der Waals surface area contributed by atoms with Crippen molar-refractivity contribution in [3.05, 3.63) is 71.3 Å². The number of nitrogens with zero attached hydrogens (tertiary/aromatic N) is 1. The average Bonchev–Trinajstić information content (AvgIpc) is 2.70. The van der Waals surface area contributed by atoms with Crippen LogP contribution in [0, 0.1) is 0 Å². The Hall–Kier alpha value is -1.12. The highest BCUT2D eigenvalue weighted by Crippen LogP contribution is 2.35. The molecule has 2 aromatic carbocycles. The Balaban J connectivity index is 1.45. The Morgan fingerprint density at radius 1 is 0.852 bits per heavy atom. The molecule has 0 amide bonds. The third-order valence-corrected chi connectivity index (χ3v) is 6.75. The molecule has 3 rings (SSSR count). The van der Waals surface area contributed by atoms with Gasteiger partial charge in [0.1, 0.15) is 0 Å². The fraction of sp³-hybridized carbons (Fsp3) is 0.520. The van der Waals surface area contributed by atoms with E-state index in [2.05, 4.69) is 82.4 Å². The van der Waals surface area contributed by atoms with E-state index in [0.717, 1.165) is 17.3 Å². The van der Waals surface area contributed by atoms with E-state index in [1.807, 2.05) is 0 Å². The first-order valence-electron chi connectivity index (χ1n) is 10.7. The van der Waals surface area contributed by atoms with Crippen LogP contribution in [-0.2, 0) is 13.0 Å². The van der Waals surface area contributed by atoms with Crippen LogP contribution in [0.2, 0.25) is 0 Å². The highest BCUT2D eigenvalue weighted by Gasteiger charge is 2.20. The number of benzene rings is 2. The molecular formula is C25H34BrN. The van der Waals surface area contributed by atoms with E-state index >= 15 is 0 Å². The van der Waals surface area contributed by atoms with Gasteiger partial charge in [-0.3, -0.25) is 4.90 Å². The summed E-state index contributed by atoms with van der Waals surface area (Å²) in [5, 5.41) is 0. The van der Waals surface area contributed by atoms with Crippen molar-refractivity contribution in [3.63, 3.8) is 0 Å². The largest absolute Gasteiger partial charge is 0.299 e. The molecule has 1 aliphatic rings. The first kappa shape index (κ1) is 20.6. The van der Waals surface area contributed by atoms with Crippen LogP contribution in [0.15, 0.2) is 54.6 Å². The summed E-state index contributed by atoms with van der Waals surface area (Å²) < 4.78 is 0. The summed E-state index contributed by atoms with van der Waals surface area (Å²) in [6, 6.07) is 20.4. The zero-order valence-electron chi connectivity index (χ0n) is 16.7. The molecule has 2 heteroatoms. The lowest BCUT2D eigenvalue weighted by Crippen LogP contribution is -2.25. The fourth-order valence-corrected chi connectivity index (χ4v) is 4.81. The van der Waals surface area contributed by atoms with Crippen LogP contribution in [0.25, 0.3) is 0 Å². The summed E-state index contributed by atoms with van der Waals surface area (Å²) in [4.78, 5) is 3.34. The van der Waals surface area contributed by atoms with E-state index in [-0.39, 0.29) is 0 Å². The van der Waals surface area contributed by atoms with E-state index in [4.69, 9.17) is 0 Å². The van der Waals surface area contributed by atoms with Crippen molar-refractivity contribution in [2.24, 2.45) is 0 Å². The molecular weight excluding hydrogens is 394 g/mol. The Morgan fingerprint density at radius 3 is 2.22 bits per heavy atom. The maximum Gasteiger partial charge on any atom is 0.0233 e. The summed E-state index contributed by atoms with van der Waals surface area (Å²) in [6.07, 6.45) is 8.95. The predicted molar refractivity (Wildman–Crippen MR) is 121 cm³/mol. The second-order valence-corrected chi connectivity index (χ2v) is 9.35. The van der Waals surface area contributed by atoms with Gasteiger partial charge in [-0.05, 0) is 80.6 Å². The van der Waals surface area contributed by atoms with Gasteiger partial charge >= 0.3 is 0 Å². The van der Waals surface area contributed by atoms with Gasteiger partial charge in [0.15, 0.2) is 0 Å². The molecule has 0 saturated heterocycles. The highest BCUT2D eigenvalue weighted by atomic mass is 79.9. The van der Waals surface area contributed by atoms with E-state index in [9.17, 15) is 0 Å². The molecule has 0 atom stereocenters. The van der Waals surface area contributed by atoms with Crippen molar-refractivity contribution < 1.29 is 0 Å². The Kier molecular flexibility index (Phi) is 8.41. The molecule has 0 radical (unpaired) electrons. The van der Waals surface area contributed by atoms with Crippen LogP contribution in [-0.4, -0.2) is 22.8 Å². The number of alkyl halides is 1. The minimum Gasteiger partial charge on any atom is -0.299 e. The Labute approximate surface area is 174 Å². The SMILES string of the molecule is CCCN(CCCc1ccc(C2CCC(Br)CC2)cc1)Cc1ccccc1. The zero-order valence-corrected chi connectivity index (χ0v) is 18.3. The molecule has 0 spiro atoms.